The van der Waals surface area contributed by atoms with Gasteiger partial charge in [0.2, 0.25) is 0 Å². The molecule has 2 heterocycles. The van der Waals surface area contributed by atoms with Gasteiger partial charge < -0.3 is 9.84 Å². The molecule has 0 aliphatic carbocycles. The second-order valence-electron chi connectivity index (χ2n) is 6.21. The third-order valence-electron chi connectivity index (χ3n) is 4.60. The molecule has 0 aromatic heterocycles. The Morgan fingerprint density at radius 2 is 1.70 bits per heavy atom. The molecule has 0 bridgehead atoms. The number of nitrogens with zero attached hydrogens (tertiary/aromatic N) is 2. The molecule has 1 atom stereocenters. The molecule has 2 saturated heterocycles. The lowest BCUT2D eigenvalue weighted by atomic mass is 9.98. The Balaban J connectivity index is 1.59. The average Bonchev–Trinajstić information content (AvgIpc) is 3.06. The smallest absolute Gasteiger partial charge is 0.282 e. The molecule has 6 nitrogen and oxygen atoms in total. The van der Waals surface area contributed by atoms with E-state index in [0.29, 0.717) is 45.3 Å². The van der Waals surface area contributed by atoms with Gasteiger partial charge in [-0.05, 0) is 29.9 Å². The monoisotopic (exact) mass is 340 g/mol. The summed E-state index contributed by atoms with van der Waals surface area (Å²) in [6.07, 6.45) is 1.77. The fourth-order valence-corrected chi connectivity index (χ4v) is 4.90. The number of morpholine rings is 1. The predicted molar refractivity (Wildman–Crippen MR) is 87.1 cm³/mol. The molecular weight excluding hydrogens is 316 g/mol. The van der Waals surface area contributed by atoms with Crippen molar-refractivity contribution in [2.24, 2.45) is 5.92 Å². The molecule has 1 N–H and O–H groups in total. The fraction of sp³-hybridized carbons (Fsp3) is 0.625. The first-order chi connectivity index (χ1) is 11.1. The summed E-state index contributed by atoms with van der Waals surface area (Å²) in [6.45, 7) is 3.09. The Kier molecular flexibility index (Phi) is 5.33. The number of hydrogen-bond donors (Lipinski definition) is 1. The van der Waals surface area contributed by atoms with Gasteiger partial charge in [-0.2, -0.15) is 17.0 Å². The van der Waals surface area contributed by atoms with E-state index in [1.807, 2.05) is 24.3 Å². The highest BCUT2D eigenvalue weighted by Gasteiger charge is 2.36. The number of aliphatic hydroxyl groups is 1. The van der Waals surface area contributed by atoms with Crippen LogP contribution >= 0.6 is 0 Å². The molecule has 128 valence electrons. The third kappa shape index (κ3) is 3.92. The highest BCUT2D eigenvalue weighted by Crippen LogP contribution is 2.25. The molecule has 0 radical (unpaired) electrons. The largest absolute Gasteiger partial charge is 0.392 e. The van der Waals surface area contributed by atoms with Crippen LogP contribution in [0.15, 0.2) is 24.3 Å². The van der Waals surface area contributed by atoms with Gasteiger partial charge in [0.25, 0.3) is 10.2 Å². The summed E-state index contributed by atoms with van der Waals surface area (Å²) in [5.74, 6) is 0.353. The maximum absolute atomic E-state index is 12.6. The quantitative estimate of drug-likeness (QED) is 0.853. The summed E-state index contributed by atoms with van der Waals surface area (Å²) in [7, 11) is -3.34. The van der Waals surface area contributed by atoms with E-state index in [1.165, 1.54) is 9.87 Å². The van der Waals surface area contributed by atoms with E-state index in [2.05, 4.69) is 0 Å². The highest BCUT2D eigenvalue weighted by atomic mass is 32.2. The maximum Gasteiger partial charge on any atom is 0.282 e. The standard InChI is InChI=1S/C16H24N2O4S/c19-13-15-3-1-14(2-4-15)11-16-5-6-18(12-16)23(20,21)17-7-9-22-10-8-17/h1-4,16,19H,5-13H2. The second-order valence-corrected chi connectivity index (χ2v) is 8.14. The Bertz CT molecular complexity index is 611. The van der Waals surface area contributed by atoms with Gasteiger partial charge in [0.15, 0.2) is 0 Å². The van der Waals surface area contributed by atoms with Crippen molar-refractivity contribution in [3.63, 3.8) is 0 Å². The van der Waals surface area contributed by atoms with E-state index < -0.39 is 10.2 Å². The van der Waals surface area contributed by atoms with Crippen LogP contribution in [0.25, 0.3) is 0 Å². The molecule has 1 unspecified atom stereocenters. The fourth-order valence-electron chi connectivity index (χ4n) is 3.23. The van der Waals surface area contributed by atoms with Crippen molar-refractivity contribution in [1.29, 1.82) is 0 Å². The lowest BCUT2D eigenvalue weighted by molar-refractivity contribution is 0.0705. The van der Waals surface area contributed by atoms with Crippen LogP contribution in [0.4, 0.5) is 0 Å². The van der Waals surface area contributed by atoms with Crippen LogP contribution in [0.1, 0.15) is 17.5 Å². The van der Waals surface area contributed by atoms with Gasteiger partial charge in [-0.1, -0.05) is 24.3 Å². The van der Waals surface area contributed by atoms with Gasteiger partial charge in [-0.15, -0.1) is 0 Å². The van der Waals surface area contributed by atoms with Crippen molar-refractivity contribution in [3.05, 3.63) is 35.4 Å². The molecule has 0 saturated carbocycles. The van der Waals surface area contributed by atoms with Crippen molar-refractivity contribution in [2.45, 2.75) is 19.4 Å². The molecule has 3 rings (SSSR count). The van der Waals surface area contributed by atoms with E-state index in [1.54, 1.807) is 4.31 Å². The summed E-state index contributed by atoms with van der Waals surface area (Å²) in [5.41, 5.74) is 2.09. The normalized spacial score (nSPS) is 24.1. The summed E-state index contributed by atoms with van der Waals surface area (Å²) in [5, 5.41) is 9.07. The summed E-state index contributed by atoms with van der Waals surface area (Å²) in [6, 6.07) is 7.88. The number of benzene rings is 1. The van der Waals surface area contributed by atoms with Crippen LogP contribution in [0, 0.1) is 5.92 Å². The van der Waals surface area contributed by atoms with Crippen LogP contribution in [0.5, 0.6) is 0 Å². The second kappa shape index (κ2) is 7.27. The minimum Gasteiger partial charge on any atom is -0.392 e. The molecule has 2 fully saturated rings. The average molecular weight is 340 g/mol. The number of ether oxygens (including phenoxy) is 1. The van der Waals surface area contributed by atoms with E-state index in [9.17, 15) is 8.42 Å². The summed E-state index contributed by atoms with van der Waals surface area (Å²) in [4.78, 5) is 0. The zero-order valence-electron chi connectivity index (χ0n) is 13.2. The molecule has 23 heavy (non-hydrogen) atoms. The van der Waals surface area contributed by atoms with Crippen molar-refractivity contribution >= 4 is 10.2 Å². The van der Waals surface area contributed by atoms with Crippen molar-refractivity contribution in [3.8, 4) is 0 Å². The van der Waals surface area contributed by atoms with E-state index in [-0.39, 0.29) is 6.61 Å². The van der Waals surface area contributed by atoms with Gasteiger partial charge >= 0.3 is 0 Å². The van der Waals surface area contributed by atoms with Crippen LogP contribution in [0.2, 0.25) is 0 Å². The Morgan fingerprint density at radius 3 is 2.35 bits per heavy atom. The summed E-state index contributed by atoms with van der Waals surface area (Å²) >= 11 is 0. The third-order valence-corrected chi connectivity index (χ3v) is 6.60. The molecule has 2 aliphatic heterocycles. The SMILES string of the molecule is O=S(=O)(N1CCOCC1)N1CCC(Cc2ccc(CO)cc2)C1. The topological polar surface area (TPSA) is 70.1 Å². The van der Waals surface area contributed by atoms with Gasteiger partial charge in [-0.3, -0.25) is 0 Å². The van der Waals surface area contributed by atoms with E-state index >= 15 is 0 Å². The Labute approximate surface area is 137 Å². The van der Waals surface area contributed by atoms with Crippen LogP contribution in [0.3, 0.4) is 0 Å². The molecule has 1 aromatic rings. The maximum atomic E-state index is 12.6. The van der Waals surface area contributed by atoms with Gasteiger partial charge in [-0.25, -0.2) is 0 Å². The zero-order chi connectivity index (χ0) is 16.3. The molecular formula is C16H24N2O4S. The van der Waals surface area contributed by atoms with Gasteiger partial charge in [0.05, 0.1) is 19.8 Å². The predicted octanol–water partition coefficient (Wildman–Crippen LogP) is 0.620. The van der Waals surface area contributed by atoms with Crippen molar-refractivity contribution in [1.82, 2.24) is 8.61 Å². The number of hydrogen-bond acceptors (Lipinski definition) is 4. The minimum absolute atomic E-state index is 0.0509. The van der Waals surface area contributed by atoms with Gasteiger partial charge in [0.1, 0.15) is 0 Å². The van der Waals surface area contributed by atoms with Crippen LogP contribution in [-0.2, 0) is 28.0 Å². The summed E-state index contributed by atoms with van der Waals surface area (Å²) < 4.78 is 33.7. The molecule has 0 spiro atoms. The first-order valence-electron chi connectivity index (χ1n) is 8.11. The highest BCUT2D eigenvalue weighted by molar-refractivity contribution is 7.86. The Morgan fingerprint density at radius 1 is 1.04 bits per heavy atom. The van der Waals surface area contributed by atoms with Gasteiger partial charge in [0, 0.05) is 26.2 Å². The molecule has 2 aliphatic rings. The molecule has 0 amide bonds. The Hall–Kier alpha value is -0.990. The first-order valence-corrected chi connectivity index (χ1v) is 9.51. The van der Waals surface area contributed by atoms with Crippen LogP contribution in [-0.4, -0.2) is 61.5 Å². The molecule has 7 heteroatoms. The number of rotatable bonds is 5. The zero-order valence-corrected chi connectivity index (χ0v) is 14.0. The minimum atomic E-state index is -3.34. The van der Waals surface area contributed by atoms with E-state index in [0.717, 1.165) is 18.4 Å². The van der Waals surface area contributed by atoms with Crippen molar-refractivity contribution in [2.75, 3.05) is 39.4 Å². The van der Waals surface area contributed by atoms with E-state index in [4.69, 9.17) is 9.84 Å². The molecule has 1 aromatic carbocycles. The number of aliphatic hydroxyl groups excluding tert-OH is 1. The lowest BCUT2D eigenvalue weighted by Crippen LogP contribution is -2.47. The first kappa shape index (κ1) is 16.9. The van der Waals surface area contributed by atoms with Crippen LogP contribution < -0.4 is 0 Å². The van der Waals surface area contributed by atoms with Crippen molar-refractivity contribution < 1.29 is 18.3 Å². The lowest BCUT2D eigenvalue weighted by Gasteiger charge is -2.30.